The number of amides is 1. The maximum absolute atomic E-state index is 13.0. The van der Waals surface area contributed by atoms with E-state index >= 15 is 0 Å². The number of aryl methyl sites for hydroxylation is 1. The third kappa shape index (κ3) is 6.15. The van der Waals surface area contributed by atoms with Gasteiger partial charge in [0.15, 0.2) is 5.16 Å². The maximum atomic E-state index is 13.0. The number of carbonyl (C=O) groups is 1. The lowest BCUT2D eigenvalue weighted by Gasteiger charge is -2.28. The van der Waals surface area contributed by atoms with Crippen LogP contribution in [-0.2, 0) is 9.53 Å². The smallest absolute Gasteiger partial charge is 0.232 e. The van der Waals surface area contributed by atoms with Crippen LogP contribution in [-0.4, -0.2) is 59.8 Å². The quantitative estimate of drug-likeness (QED) is 0.449. The molecule has 0 aliphatic carbocycles. The molecular weight excluding hydrogens is 462 g/mol. The van der Waals surface area contributed by atoms with Gasteiger partial charge in [0.2, 0.25) is 11.9 Å². The van der Waals surface area contributed by atoms with Gasteiger partial charge in [-0.05, 0) is 48.2 Å². The molecule has 35 heavy (non-hydrogen) atoms. The fraction of sp³-hybridized carbons (Fsp3) is 0.423. The lowest BCUT2D eigenvalue weighted by molar-refractivity contribution is -0.119. The zero-order valence-corrected chi connectivity index (χ0v) is 21.5. The van der Waals surface area contributed by atoms with E-state index in [-0.39, 0.29) is 23.6 Å². The summed E-state index contributed by atoms with van der Waals surface area (Å²) in [4.78, 5) is 15.2. The Balaban J connectivity index is 1.51. The predicted octanol–water partition coefficient (Wildman–Crippen LogP) is 4.03. The largest absolute Gasteiger partial charge is 0.497 e. The number of ether oxygens (including phenoxy) is 2. The third-order valence-electron chi connectivity index (χ3n) is 5.96. The number of hydrogen-bond acceptors (Lipinski definition) is 7. The molecule has 8 nitrogen and oxygen atoms in total. The molecule has 2 heterocycles. The fourth-order valence-electron chi connectivity index (χ4n) is 4.11. The number of morpholine rings is 1. The first-order valence-electron chi connectivity index (χ1n) is 11.9. The summed E-state index contributed by atoms with van der Waals surface area (Å²) >= 11 is 1.40. The molecule has 0 bridgehead atoms. The lowest BCUT2D eigenvalue weighted by atomic mass is 9.96. The van der Waals surface area contributed by atoms with Crippen LogP contribution in [0, 0.1) is 12.8 Å². The summed E-state index contributed by atoms with van der Waals surface area (Å²) in [5.74, 6) is 2.01. The highest BCUT2D eigenvalue weighted by Gasteiger charge is 2.23. The molecule has 1 amide bonds. The van der Waals surface area contributed by atoms with Gasteiger partial charge in [0.05, 0.1) is 37.8 Å². The van der Waals surface area contributed by atoms with Gasteiger partial charge in [0.25, 0.3) is 0 Å². The second-order valence-corrected chi connectivity index (χ2v) is 9.85. The van der Waals surface area contributed by atoms with Crippen molar-refractivity contribution < 1.29 is 14.3 Å². The van der Waals surface area contributed by atoms with E-state index in [1.165, 1.54) is 11.8 Å². The standard InChI is InChI=1S/C26H33N5O3S/c1-18(2)24(20-8-10-22(33-4)11-9-20)27-23(32)17-35-26-29-28-25(30-12-14-34-15-13-30)31(26)21-7-5-6-19(3)16-21/h5-11,16,18,24H,12-15,17H2,1-4H3,(H,27,32). The van der Waals surface area contributed by atoms with Crippen LogP contribution in [0.15, 0.2) is 53.7 Å². The molecule has 4 rings (SSSR count). The first kappa shape index (κ1) is 25.1. The molecular formula is C26H33N5O3S. The Morgan fingerprint density at radius 1 is 1.14 bits per heavy atom. The molecule has 2 aromatic carbocycles. The van der Waals surface area contributed by atoms with Crippen molar-refractivity contribution >= 4 is 23.6 Å². The number of anilines is 1. The normalized spacial score (nSPS) is 14.7. The van der Waals surface area contributed by atoms with E-state index in [0.717, 1.165) is 41.6 Å². The second-order valence-electron chi connectivity index (χ2n) is 8.91. The van der Waals surface area contributed by atoms with Gasteiger partial charge in [0, 0.05) is 13.1 Å². The van der Waals surface area contributed by atoms with Crippen molar-refractivity contribution in [3.05, 3.63) is 59.7 Å². The molecule has 0 saturated carbocycles. The van der Waals surface area contributed by atoms with E-state index in [2.05, 4.69) is 53.3 Å². The van der Waals surface area contributed by atoms with Crippen molar-refractivity contribution in [2.24, 2.45) is 5.92 Å². The summed E-state index contributed by atoms with van der Waals surface area (Å²) in [6.07, 6.45) is 0. The Morgan fingerprint density at radius 3 is 2.54 bits per heavy atom. The average molecular weight is 496 g/mol. The van der Waals surface area contributed by atoms with Crippen LogP contribution < -0.4 is 15.0 Å². The van der Waals surface area contributed by atoms with Crippen LogP contribution in [0.1, 0.15) is 31.0 Å². The number of nitrogens with zero attached hydrogens (tertiary/aromatic N) is 4. The molecule has 1 aromatic heterocycles. The number of thioether (sulfide) groups is 1. The van der Waals surface area contributed by atoms with E-state index in [0.29, 0.717) is 18.4 Å². The molecule has 3 aromatic rings. The van der Waals surface area contributed by atoms with Gasteiger partial charge >= 0.3 is 0 Å². The van der Waals surface area contributed by atoms with Gasteiger partial charge in [-0.15, -0.1) is 10.2 Å². The first-order valence-corrected chi connectivity index (χ1v) is 12.9. The van der Waals surface area contributed by atoms with Crippen LogP contribution >= 0.6 is 11.8 Å². The topological polar surface area (TPSA) is 81.5 Å². The van der Waals surface area contributed by atoms with Crippen LogP contribution in [0.2, 0.25) is 0 Å². The van der Waals surface area contributed by atoms with Crippen LogP contribution in [0.3, 0.4) is 0 Å². The van der Waals surface area contributed by atoms with E-state index in [9.17, 15) is 4.79 Å². The number of benzene rings is 2. The van der Waals surface area contributed by atoms with Gasteiger partial charge in [0.1, 0.15) is 5.75 Å². The Kier molecular flexibility index (Phi) is 8.30. The number of hydrogen-bond donors (Lipinski definition) is 1. The van der Waals surface area contributed by atoms with Crippen molar-refractivity contribution in [1.29, 1.82) is 0 Å². The highest BCUT2D eigenvalue weighted by atomic mass is 32.2. The van der Waals surface area contributed by atoms with Crippen molar-refractivity contribution in [2.45, 2.75) is 32.0 Å². The van der Waals surface area contributed by atoms with Gasteiger partial charge in [-0.3, -0.25) is 9.36 Å². The predicted molar refractivity (Wildman–Crippen MR) is 139 cm³/mol. The van der Waals surface area contributed by atoms with Crippen molar-refractivity contribution in [2.75, 3.05) is 44.1 Å². The van der Waals surface area contributed by atoms with Crippen LogP contribution in [0.5, 0.6) is 5.75 Å². The van der Waals surface area contributed by atoms with E-state index in [4.69, 9.17) is 9.47 Å². The number of carbonyl (C=O) groups excluding carboxylic acids is 1. The highest BCUT2D eigenvalue weighted by Crippen LogP contribution is 2.28. The lowest BCUT2D eigenvalue weighted by Crippen LogP contribution is -2.38. The minimum Gasteiger partial charge on any atom is -0.497 e. The van der Waals surface area contributed by atoms with Crippen molar-refractivity contribution in [1.82, 2.24) is 20.1 Å². The van der Waals surface area contributed by atoms with E-state index in [1.54, 1.807) is 7.11 Å². The molecule has 1 aliphatic heterocycles. The first-order chi connectivity index (χ1) is 17.0. The molecule has 1 fully saturated rings. The molecule has 1 aliphatic rings. The van der Waals surface area contributed by atoms with E-state index in [1.807, 2.05) is 41.0 Å². The zero-order chi connectivity index (χ0) is 24.8. The molecule has 0 radical (unpaired) electrons. The minimum atomic E-state index is -0.0902. The van der Waals surface area contributed by atoms with E-state index < -0.39 is 0 Å². The van der Waals surface area contributed by atoms with Gasteiger partial charge in [-0.2, -0.15) is 0 Å². The zero-order valence-electron chi connectivity index (χ0n) is 20.7. The molecule has 0 spiro atoms. The monoisotopic (exact) mass is 495 g/mol. The van der Waals surface area contributed by atoms with Gasteiger partial charge < -0.3 is 19.7 Å². The molecule has 1 N–H and O–H groups in total. The van der Waals surface area contributed by atoms with Gasteiger partial charge in [-0.1, -0.05) is 49.9 Å². The summed E-state index contributed by atoms with van der Waals surface area (Å²) in [7, 11) is 1.65. The highest BCUT2D eigenvalue weighted by molar-refractivity contribution is 7.99. The number of rotatable bonds is 9. The maximum Gasteiger partial charge on any atom is 0.232 e. The van der Waals surface area contributed by atoms with Crippen molar-refractivity contribution in [3.8, 4) is 11.4 Å². The Morgan fingerprint density at radius 2 is 1.89 bits per heavy atom. The molecule has 1 saturated heterocycles. The minimum absolute atomic E-state index is 0.0452. The summed E-state index contributed by atoms with van der Waals surface area (Å²) in [6, 6.07) is 16.0. The average Bonchev–Trinajstić information content (AvgIpc) is 3.30. The summed E-state index contributed by atoms with van der Waals surface area (Å²) in [5, 5.41) is 12.8. The third-order valence-corrected chi connectivity index (χ3v) is 6.89. The summed E-state index contributed by atoms with van der Waals surface area (Å²) in [6.45, 7) is 9.10. The SMILES string of the molecule is COc1ccc(C(NC(=O)CSc2nnc(N3CCOCC3)n2-c2cccc(C)c2)C(C)C)cc1. The number of methoxy groups -OCH3 is 1. The Bertz CT molecular complexity index is 1130. The number of aromatic nitrogens is 3. The Hall–Kier alpha value is -3.04. The fourth-order valence-corrected chi connectivity index (χ4v) is 4.87. The van der Waals surface area contributed by atoms with Crippen molar-refractivity contribution in [3.63, 3.8) is 0 Å². The Labute approximate surface area is 211 Å². The van der Waals surface area contributed by atoms with Gasteiger partial charge in [-0.25, -0.2) is 0 Å². The molecule has 9 heteroatoms. The second kappa shape index (κ2) is 11.6. The molecule has 1 atom stereocenters. The molecule has 186 valence electrons. The summed E-state index contributed by atoms with van der Waals surface area (Å²) in [5.41, 5.74) is 3.19. The van der Waals surface area contributed by atoms with Crippen LogP contribution in [0.4, 0.5) is 5.95 Å². The molecule has 1 unspecified atom stereocenters. The summed E-state index contributed by atoms with van der Waals surface area (Å²) < 4.78 is 12.8. The van der Waals surface area contributed by atoms with Crippen LogP contribution in [0.25, 0.3) is 5.69 Å². The number of nitrogens with one attached hydrogen (secondary N) is 1.